The summed E-state index contributed by atoms with van der Waals surface area (Å²) in [6.45, 7) is 13.4. The number of terminal acetylenes is 1. The van der Waals surface area contributed by atoms with E-state index < -0.39 is 59.1 Å². The fourth-order valence-electron chi connectivity index (χ4n) is 7.64. The number of hydrogen-bond donors (Lipinski definition) is 4. The smallest absolute Gasteiger partial charge is 0.316 e. The van der Waals surface area contributed by atoms with Crippen LogP contribution in [0.3, 0.4) is 0 Å². The molecule has 0 bridgehead atoms. The number of rotatable bonds is 14. The predicted molar refractivity (Wildman–Crippen MR) is 188 cm³/mol. The minimum atomic E-state index is -1.18. The van der Waals surface area contributed by atoms with Gasteiger partial charge in [-0.25, -0.2) is 4.79 Å². The normalized spacial score (nSPS) is 22.8. The monoisotopic (exact) mass is 688 g/mol. The molecule has 6 atom stereocenters. The second-order valence-electron chi connectivity index (χ2n) is 15.4. The summed E-state index contributed by atoms with van der Waals surface area (Å²) < 4.78 is 0. The minimum Gasteiger partial charge on any atom is -0.346 e. The van der Waals surface area contributed by atoms with E-state index in [0.29, 0.717) is 0 Å². The first-order valence-electron chi connectivity index (χ1n) is 17.6. The van der Waals surface area contributed by atoms with Crippen molar-refractivity contribution >= 4 is 35.3 Å². The van der Waals surface area contributed by atoms with Crippen LogP contribution in [0.4, 0.5) is 4.79 Å². The molecule has 3 aliphatic rings. The molecule has 12 heteroatoms. The van der Waals surface area contributed by atoms with Crippen molar-refractivity contribution < 1.29 is 28.8 Å². The highest BCUT2D eigenvalue weighted by Gasteiger charge is 2.70. The van der Waals surface area contributed by atoms with Gasteiger partial charge in [0, 0.05) is 25.7 Å². The van der Waals surface area contributed by atoms with Gasteiger partial charge in [-0.2, -0.15) is 0 Å². The maximum Gasteiger partial charge on any atom is 0.316 e. The quantitative estimate of drug-likeness (QED) is 0.101. The molecule has 1 unspecified atom stereocenters. The number of likely N-dealkylation sites (tertiary alicyclic amines) is 1. The van der Waals surface area contributed by atoms with Crippen molar-refractivity contribution in [1.82, 2.24) is 31.2 Å². The Morgan fingerprint density at radius 2 is 1.78 bits per heavy atom. The Hall–Kier alpha value is -4.53. The van der Waals surface area contributed by atoms with E-state index in [1.165, 1.54) is 11.0 Å². The van der Waals surface area contributed by atoms with Gasteiger partial charge in [0.05, 0.1) is 12.1 Å². The van der Waals surface area contributed by atoms with Crippen LogP contribution in [0.25, 0.3) is 0 Å². The Labute approximate surface area is 295 Å². The SMILES string of the molecule is C#CCCC(NC(=O)[C@@H]1[C@@H]2[C@H](CN1C(=O)[C@@H](NC(=O)N[C@H](C(=O)c1ccccn1)C1CCCCC1)C(C)(C)C)C2(C)C)C(=O)C(=O)NCC=C. The van der Waals surface area contributed by atoms with Gasteiger partial charge in [0.15, 0.2) is 0 Å². The first-order valence-corrected chi connectivity index (χ1v) is 17.6. The summed E-state index contributed by atoms with van der Waals surface area (Å²) >= 11 is 0. The molecule has 270 valence electrons. The average Bonchev–Trinajstić information content (AvgIpc) is 3.39. The number of fused-ring (bicyclic) bond motifs is 1. The highest BCUT2D eigenvalue weighted by Crippen LogP contribution is 2.65. The second-order valence-corrected chi connectivity index (χ2v) is 15.4. The molecule has 0 spiro atoms. The van der Waals surface area contributed by atoms with E-state index in [1.807, 2.05) is 34.6 Å². The molecule has 1 aromatic rings. The molecule has 5 amide bonds. The first-order chi connectivity index (χ1) is 23.6. The third-order valence-electron chi connectivity index (χ3n) is 10.6. The molecule has 4 N–H and O–H groups in total. The Kier molecular flexibility index (Phi) is 12.2. The lowest BCUT2D eigenvalue weighted by molar-refractivity contribution is -0.145. The Morgan fingerprint density at radius 3 is 2.38 bits per heavy atom. The number of Topliss-reactive ketones (excluding diaryl/α,β-unsaturated/α-hetero) is 2. The Bertz CT molecular complexity index is 1510. The van der Waals surface area contributed by atoms with Gasteiger partial charge in [0.1, 0.15) is 17.8 Å². The molecule has 0 radical (unpaired) electrons. The fourth-order valence-corrected chi connectivity index (χ4v) is 7.64. The standard InChI is InChI=1S/C38H52N6O6/c1-8-10-18-26(31(46)34(48)40-20-9-2)41-33(47)29-27-24(38(27,6)7)22-44(29)35(49)32(37(3,4)5)43-36(50)42-28(23-16-12-11-13-17-23)30(45)25-19-14-15-21-39-25/h1,9,14-15,19,21,23-24,26-29,32H,2,10-13,16-18,20,22H2,3-7H3,(H,40,48)(H,41,47)(H2,42,43,50)/t24-,26?,27-,28-,29-,32+/m0/s1. The first kappa shape index (κ1) is 38.3. The van der Waals surface area contributed by atoms with Crippen LogP contribution in [-0.2, 0) is 19.2 Å². The van der Waals surface area contributed by atoms with Gasteiger partial charge in [0.2, 0.25) is 23.4 Å². The summed E-state index contributed by atoms with van der Waals surface area (Å²) in [5.41, 5.74) is -0.756. The molecular formula is C38H52N6O6. The van der Waals surface area contributed by atoms with Crippen LogP contribution in [0.5, 0.6) is 0 Å². The molecule has 1 saturated heterocycles. The highest BCUT2D eigenvalue weighted by atomic mass is 16.2. The molecule has 50 heavy (non-hydrogen) atoms. The lowest BCUT2D eigenvalue weighted by atomic mass is 9.81. The van der Waals surface area contributed by atoms with Crippen LogP contribution in [0.2, 0.25) is 0 Å². The third kappa shape index (κ3) is 8.60. The number of nitrogens with one attached hydrogen (secondary N) is 4. The molecule has 4 rings (SSSR count). The lowest BCUT2D eigenvalue weighted by Gasteiger charge is -2.38. The summed E-state index contributed by atoms with van der Waals surface area (Å²) in [5.74, 6) is -0.775. The molecular weight excluding hydrogens is 636 g/mol. The number of nitrogens with zero attached hydrogens (tertiary/aromatic N) is 2. The minimum absolute atomic E-state index is 0.0269. The van der Waals surface area contributed by atoms with Gasteiger partial charge in [-0.05, 0) is 60.0 Å². The van der Waals surface area contributed by atoms with E-state index in [2.05, 4.69) is 38.8 Å². The summed E-state index contributed by atoms with van der Waals surface area (Å²) in [6, 6.07) is 0.426. The van der Waals surface area contributed by atoms with E-state index in [1.54, 1.807) is 24.4 Å². The van der Waals surface area contributed by atoms with E-state index in [9.17, 15) is 28.8 Å². The van der Waals surface area contributed by atoms with Crippen LogP contribution in [0, 0.1) is 40.9 Å². The number of hydrogen-bond acceptors (Lipinski definition) is 7. The second kappa shape index (κ2) is 16.0. The largest absolute Gasteiger partial charge is 0.346 e. The van der Waals surface area contributed by atoms with Crippen LogP contribution < -0.4 is 21.3 Å². The maximum absolute atomic E-state index is 14.4. The summed E-state index contributed by atoms with van der Waals surface area (Å²) in [4.78, 5) is 87.1. The van der Waals surface area contributed by atoms with Crippen molar-refractivity contribution in [3.05, 3.63) is 42.7 Å². The zero-order valence-corrected chi connectivity index (χ0v) is 29.9. The third-order valence-corrected chi connectivity index (χ3v) is 10.6. The van der Waals surface area contributed by atoms with Crippen molar-refractivity contribution in [1.29, 1.82) is 0 Å². The molecule has 2 heterocycles. The van der Waals surface area contributed by atoms with Crippen LogP contribution in [0.1, 0.15) is 90.1 Å². The van der Waals surface area contributed by atoms with Gasteiger partial charge < -0.3 is 26.2 Å². The number of amides is 5. The zero-order valence-electron chi connectivity index (χ0n) is 29.9. The number of aromatic nitrogens is 1. The zero-order chi connectivity index (χ0) is 36.8. The van der Waals surface area contributed by atoms with Crippen molar-refractivity contribution in [3.8, 4) is 12.3 Å². The van der Waals surface area contributed by atoms with Gasteiger partial charge in [0.25, 0.3) is 5.91 Å². The number of urea groups is 1. The maximum atomic E-state index is 14.4. The molecule has 1 aliphatic heterocycles. The molecule has 0 aromatic carbocycles. The van der Waals surface area contributed by atoms with Crippen molar-refractivity contribution in [2.45, 2.75) is 104 Å². The summed E-state index contributed by atoms with van der Waals surface area (Å²) in [5, 5.41) is 10.9. The van der Waals surface area contributed by atoms with Crippen LogP contribution in [-0.4, -0.2) is 82.5 Å². The number of pyridine rings is 1. The summed E-state index contributed by atoms with van der Waals surface area (Å²) in [7, 11) is 0. The van der Waals surface area contributed by atoms with E-state index >= 15 is 0 Å². The lowest BCUT2D eigenvalue weighted by Crippen LogP contribution is -2.62. The van der Waals surface area contributed by atoms with Crippen molar-refractivity contribution in [2.24, 2.45) is 28.6 Å². The topological polar surface area (TPSA) is 167 Å². The predicted octanol–water partition coefficient (Wildman–Crippen LogP) is 3.18. The molecule has 1 aromatic heterocycles. The molecule has 3 fully saturated rings. The van der Waals surface area contributed by atoms with Crippen LogP contribution in [0.15, 0.2) is 37.1 Å². The molecule has 2 aliphatic carbocycles. The van der Waals surface area contributed by atoms with Crippen LogP contribution >= 0.6 is 0 Å². The number of ketones is 2. The molecule has 12 nitrogen and oxygen atoms in total. The highest BCUT2D eigenvalue weighted by molar-refractivity contribution is 6.38. The number of carbonyl (C=O) groups excluding carboxylic acids is 6. The van der Waals surface area contributed by atoms with Gasteiger partial charge in [-0.3, -0.25) is 29.0 Å². The average molecular weight is 689 g/mol. The van der Waals surface area contributed by atoms with E-state index in [4.69, 9.17) is 6.42 Å². The van der Waals surface area contributed by atoms with Crippen molar-refractivity contribution in [3.63, 3.8) is 0 Å². The van der Waals surface area contributed by atoms with Gasteiger partial charge in [-0.1, -0.05) is 66.0 Å². The summed E-state index contributed by atoms with van der Waals surface area (Å²) in [6.07, 6.45) is 13.2. The van der Waals surface area contributed by atoms with Gasteiger partial charge >= 0.3 is 6.03 Å². The Balaban J connectivity index is 1.55. The fraction of sp³-hybridized carbons (Fsp3) is 0.605. The Morgan fingerprint density at radius 1 is 1.08 bits per heavy atom. The van der Waals surface area contributed by atoms with E-state index in [-0.39, 0.29) is 60.6 Å². The number of carbonyl (C=O) groups is 6. The number of piperidine rings is 1. The molecule has 2 saturated carbocycles. The van der Waals surface area contributed by atoms with Crippen molar-refractivity contribution in [2.75, 3.05) is 13.1 Å². The van der Waals surface area contributed by atoms with E-state index in [0.717, 1.165) is 32.1 Å². The van der Waals surface area contributed by atoms with Gasteiger partial charge in [-0.15, -0.1) is 18.9 Å².